The predicted octanol–water partition coefficient (Wildman–Crippen LogP) is -1.77. The van der Waals surface area contributed by atoms with E-state index in [1.165, 1.54) is 21.9 Å². The van der Waals surface area contributed by atoms with Crippen LogP contribution in [0, 0.1) is 0 Å². The zero-order valence-corrected chi connectivity index (χ0v) is 14.7. The summed E-state index contributed by atoms with van der Waals surface area (Å²) < 4.78 is 0. The van der Waals surface area contributed by atoms with E-state index < -0.39 is 0 Å². The molecular weight excluding hydrogens is 430 g/mol. The molecule has 0 aliphatic carbocycles. The van der Waals surface area contributed by atoms with E-state index in [0.29, 0.717) is 0 Å². The second kappa shape index (κ2) is 7.83. The van der Waals surface area contributed by atoms with Gasteiger partial charge in [-0.1, -0.05) is 42.5 Å². The molecule has 0 fully saturated rings. The first-order valence-electron chi connectivity index (χ1n) is 5.14. The maximum absolute atomic E-state index is 2.24. The number of hydrogen-bond acceptors (Lipinski definition) is 0. The molecule has 0 spiro atoms. The third-order valence-corrected chi connectivity index (χ3v) is 2.75. The van der Waals surface area contributed by atoms with E-state index in [1.54, 1.807) is 0 Å². The molecule has 3 rings (SSSR count). The van der Waals surface area contributed by atoms with Gasteiger partial charge in [0, 0.05) is 0 Å². The van der Waals surface area contributed by atoms with Crippen molar-refractivity contribution in [1.29, 1.82) is 0 Å². The van der Waals surface area contributed by atoms with Crippen molar-refractivity contribution < 1.29 is 50.7 Å². The Morgan fingerprint density at radius 1 is 0.722 bits per heavy atom. The van der Waals surface area contributed by atoms with E-state index in [1.807, 2.05) is 6.07 Å². The average Bonchev–Trinajstić information content (AvgIpc) is 2.77. The second-order valence-electron chi connectivity index (χ2n) is 3.74. The van der Waals surface area contributed by atoms with Crippen LogP contribution in [0.15, 0.2) is 66.7 Å². The van der Waals surface area contributed by atoms with Gasteiger partial charge in [0.2, 0.25) is 0 Å². The molecule has 0 aromatic heterocycles. The Bertz CT molecular complexity index is 588. The van der Waals surface area contributed by atoms with Crippen molar-refractivity contribution in [3.05, 3.63) is 66.7 Å². The molecule has 0 amide bonds. The number of rotatable bonds is 1. The molecule has 0 N–H and O–H groups in total. The standard InChI is InChI=1S/C15H11.2ClH.Hf/c1-2-5-12(6-3-1)15-10-9-13-7-4-8-14(13)11-15;;;/h1-11H;2*1H;/q-1;;;+4/p-2. The summed E-state index contributed by atoms with van der Waals surface area (Å²) in [5, 5.41) is 2.63. The van der Waals surface area contributed by atoms with E-state index in [4.69, 9.17) is 0 Å². The summed E-state index contributed by atoms with van der Waals surface area (Å²) >= 11 is 0. The van der Waals surface area contributed by atoms with Crippen LogP contribution in [0.25, 0.3) is 21.9 Å². The summed E-state index contributed by atoms with van der Waals surface area (Å²) in [5.74, 6) is 0. The third-order valence-electron chi connectivity index (χ3n) is 2.75. The van der Waals surface area contributed by atoms with Gasteiger partial charge in [-0.15, -0.1) is 17.5 Å². The molecule has 0 bridgehead atoms. The molecule has 0 heterocycles. The van der Waals surface area contributed by atoms with Gasteiger partial charge in [0.1, 0.15) is 0 Å². The fourth-order valence-electron chi connectivity index (χ4n) is 1.94. The first-order valence-corrected chi connectivity index (χ1v) is 5.14. The molecule has 3 aromatic rings. The number of halogens is 2. The fourth-order valence-corrected chi connectivity index (χ4v) is 1.94. The van der Waals surface area contributed by atoms with Crippen LogP contribution < -0.4 is 24.8 Å². The van der Waals surface area contributed by atoms with Crippen LogP contribution in [0.5, 0.6) is 0 Å². The van der Waals surface area contributed by atoms with Crippen LogP contribution in [-0.4, -0.2) is 0 Å². The van der Waals surface area contributed by atoms with Gasteiger partial charge in [0.05, 0.1) is 0 Å². The van der Waals surface area contributed by atoms with E-state index >= 15 is 0 Å². The first-order chi connectivity index (χ1) is 7.43. The molecule has 0 unspecified atom stereocenters. The van der Waals surface area contributed by atoms with Crippen molar-refractivity contribution in [3.63, 3.8) is 0 Å². The largest absolute Gasteiger partial charge is 4.00 e. The zero-order valence-electron chi connectivity index (χ0n) is 9.61. The number of fused-ring (bicyclic) bond motifs is 1. The Morgan fingerprint density at radius 3 is 2.17 bits per heavy atom. The van der Waals surface area contributed by atoms with Crippen molar-refractivity contribution in [2.24, 2.45) is 0 Å². The van der Waals surface area contributed by atoms with Crippen molar-refractivity contribution in [2.75, 3.05) is 0 Å². The predicted molar refractivity (Wildman–Crippen MR) is 65.0 cm³/mol. The van der Waals surface area contributed by atoms with E-state index in [2.05, 4.69) is 60.7 Å². The maximum Gasteiger partial charge on any atom is 4.00 e. The number of hydrogen-bond donors (Lipinski definition) is 0. The molecule has 0 aliphatic rings. The molecule has 0 saturated carbocycles. The normalized spacial score (nSPS) is 8.89. The topological polar surface area (TPSA) is 0 Å². The molecule has 3 heteroatoms. The Balaban J connectivity index is 0.000000963. The minimum atomic E-state index is 0. The SMILES string of the molecule is [Cl-].[Cl-].[Hf+4].c1ccc(-c2ccc3[cH-]ccc3c2)cc1. The second-order valence-corrected chi connectivity index (χ2v) is 3.74. The van der Waals surface area contributed by atoms with Gasteiger partial charge in [-0.3, -0.25) is 0 Å². The molecule has 0 radical (unpaired) electrons. The summed E-state index contributed by atoms with van der Waals surface area (Å²) in [5.41, 5.74) is 2.56. The van der Waals surface area contributed by atoms with Crippen LogP contribution in [0.1, 0.15) is 0 Å². The van der Waals surface area contributed by atoms with Crippen LogP contribution in [0.3, 0.4) is 0 Å². The van der Waals surface area contributed by atoms with Gasteiger partial charge in [-0.25, -0.2) is 0 Å². The molecule has 3 aromatic carbocycles. The Kier molecular flexibility index (Phi) is 7.61. The van der Waals surface area contributed by atoms with Gasteiger partial charge >= 0.3 is 25.8 Å². The monoisotopic (exact) mass is 441 g/mol. The van der Waals surface area contributed by atoms with Crippen molar-refractivity contribution >= 4 is 10.8 Å². The van der Waals surface area contributed by atoms with E-state index in [9.17, 15) is 0 Å². The van der Waals surface area contributed by atoms with Gasteiger partial charge in [-0.2, -0.15) is 17.5 Å². The molecule has 0 atom stereocenters. The summed E-state index contributed by atoms with van der Waals surface area (Å²) in [4.78, 5) is 0. The molecule has 0 saturated heterocycles. The summed E-state index contributed by atoms with van der Waals surface area (Å²) in [6, 6.07) is 23.5. The van der Waals surface area contributed by atoms with Crippen LogP contribution in [-0.2, 0) is 25.8 Å². The van der Waals surface area contributed by atoms with E-state index in [-0.39, 0.29) is 50.7 Å². The average molecular weight is 441 g/mol. The molecule has 0 nitrogen and oxygen atoms in total. The Morgan fingerprint density at radius 2 is 1.44 bits per heavy atom. The molecule has 18 heavy (non-hydrogen) atoms. The summed E-state index contributed by atoms with van der Waals surface area (Å²) in [7, 11) is 0. The Hall–Kier alpha value is -0.500. The molecule has 88 valence electrons. The van der Waals surface area contributed by atoms with Gasteiger partial charge in [-0.05, 0) is 11.1 Å². The zero-order chi connectivity index (χ0) is 10.1. The molecular formula is C15H11Cl2Hf+. The van der Waals surface area contributed by atoms with Gasteiger partial charge < -0.3 is 24.8 Å². The minimum Gasteiger partial charge on any atom is -1.00 e. The number of benzene rings is 2. The van der Waals surface area contributed by atoms with Crippen LogP contribution >= 0.6 is 0 Å². The van der Waals surface area contributed by atoms with Crippen LogP contribution in [0.4, 0.5) is 0 Å². The first kappa shape index (κ1) is 17.5. The van der Waals surface area contributed by atoms with Gasteiger partial charge in [0.15, 0.2) is 0 Å². The van der Waals surface area contributed by atoms with Crippen molar-refractivity contribution in [1.82, 2.24) is 0 Å². The smallest absolute Gasteiger partial charge is 1.00 e. The molecule has 0 aliphatic heterocycles. The minimum absolute atomic E-state index is 0. The summed E-state index contributed by atoms with van der Waals surface area (Å²) in [6.45, 7) is 0. The quantitative estimate of drug-likeness (QED) is 0.311. The van der Waals surface area contributed by atoms with Crippen LogP contribution in [0.2, 0.25) is 0 Å². The van der Waals surface area contributed by atoms with E-state index in [0.717, 1.165) is 0 Å². The third kappa shape index (κ3) is 3.50. The van der Waals surface area contributed by atoms with Gasteiger partial charge in [0.25, 0.3) is 0 Å². The van der Waals surface area contributed by atoms with Crippen molar-refractivity contribution in [2.45, 2.75) is 0 Å². The van der Waals surface area contributed by atoms with Crippen molar-refractivity contribution in [3.8, 4) is 11.1 Å². The Labute approximate surface area is 138 Å². The summed E-state index contributed by atoms with van der Waals surface area (Å²) in [6.07, 6.45) is 0. The maximum atomic E-state index is 2.24. The fraction of sp³-hybridized carbons (Fsp3) is 0.